The van der Waals surface area contributed by atoms with Gasteiger partial charge in [0.15, 0.2) is 0 Å². The van der Waals surface area contributed by atoms with E-state index >= 15 is 0 Å². The number of carbonyl (C=O) groups excluding carboxylic acids is 1. The number of anilines is 1. The lowest BCUT2D eigenvalue weighted by Gasteiger charge is -2.17. The lowest BCUT2D eigenvalue weighted by Crippen LogP contribution is -2.25. The molecule has 0 unspecified atom stereocenters. The Balaban J connectivity index is 2.06. The molecule has 2 heterocycles. The average molecular weight is 282 g/mol. The van der Waals surface area contributed by atoms with E-state index in [4.69, 9.17) is 0 Å². The van der Waals surface area contributed by atoms with Gasteiger partial charge in [-0.3, -0.25) is 10.1 Å². The lowest BCUT2D eigenvalue weighted by atomic mass is 10.2. The molecular weight excluding hydrogens is 268 g/mol. The monoisotopic (exact) mass is 282 g/mol. The fourth-order valence-electron chi connectivity index (χ4n) is 1.62. The van der Waals surface area contributed by atoms with Crippen molar-refractivity contribution < 1.29 is 4.79 Å². The highest BCUT2D eigenvalue weighted by Gasteiger charge is 2.20. The van der Waals surface area contributed by atoms with E-state index in [0.29, 0.717) is 5.13 Å². The van der Waals surface area contributed by atoms with Crippen molar-refractivity contribution in [2.24, 2.45) is 0 Å². The lowest BCUT2D eigenvalue weighted by molar-refractivity contribution is -0.119. The van der Waals surface area contributed by atoms with Crippen molar-refractivity contribution in [3.8, 4) is 0 Å². The zero-order valence-electron chi connectivity index (χ0n) is 9.94. The number of amides is 1. The zero-order valence-corrected chi connectivity index (χ0v) is 11.6. The Morgan fingerprint density at radius 3 is 2.94 bits per heavy atom. The predicted molar refractivity (Wildman–Crippen MR) is 75.0 cm³/mol. The van der Waals surface area contributed by atoms with Gasteiger partial charge in [-0.1, -0.05) is 11.3 Å². The third-order valence-electron chi connectivity index (χ3n) is 2.48. The van der Waals surface area contributed by atoms with Crippen molar-refractivity contribution in [2.75, 3.05) is 17.3 Å². The Morgan fingerprint density at radius 1 is 1.56 bits per heavy atom. The van der Waals surface area contributed by atoms with Gasteiger partial charge in [0.05, 0.1) is 0 Å². The van der Waals surface area contributed by atoms with Gasteiger partial charge in [-0.25, -0.2) is 0 Å². The summed E-state index contributed by atoms with van der Waals surface area (Å²) in [4.78, 5) is 12.2. The Hall–Kier alpha value is -1.34. The van der Waals surface area contributed by atoms with Gasteiger partial charge in [0.25, 0.3) is 0 Å². The minimum atomic E-state index is -0.198. The van der Waals surface area contributed by atoms with Gasteiger partial charge in [-0.15, -0.1) is 10.2 Å². The third kappa shape index (κ3) is 3.33. The normalized spacial score (nSPS) is 12.3. The van der Waals surface area contributed by atoms with Crippen LogP contribution in [0.4, 0.5) is 5.13 Å². The molecule has 2 rings (SSSR count). The molecule has 0 aliphatic heterocycles. The van der Waals surface area contributed by atoms with Crippen LogP contribution in [-0.2, 0) is 4.79 Å². The van der Waals surface area contributed by atoms with Crippen molar-refractivity contribution in [3.05, 3.63) is 30.0 Å². The molecule has 0 aromatic carbocycles. The van der Waals surface area contributed by atoms with Gasteiger partial charge in [0, 0.05) is 12.4 Å². The summed E-state index contributed by atoms with van der Waals surface area (Å²) in [5, 5.41) is 10.9. The fraction of sp³-hybridized carbons (Fsp3) is 0.364. The number of thioether (sulfide) groups is 1. The quantitative estimate of drug-likeness (QED) is 0.883. The number of nitrogens with one attached hydrogen (secondary N) is 1. The Labute approximate surface area is 114 Å². The minimum absolute atomic E-state index is 0.0444. The summed E-state index contributed by atoms with van der Waals surface area (Å²) < 4.78 is 1.92. The number of aromatic nitrogens is 3. The van der Waals surface area contributed by atoms with Crippen LogP contribution in [-0.4, -0.2) is 32.7 Å². The Morgan fingerprint density at radius 2 is 2.33 bits per heavy atom. The van der Waals surface area contributed by atoms with Crippen LogP contribution < -0.4 is 5.32 Å². The second kappa shape index (κ2) is 6.55. The summed E-state index contributed by atoms with van der Waals surface area (Å²) in [6.07, 6.45) is 6.64. The molecule has 1 atom stereocenters. The highest BCUT2D eigenvalue weighted by atomic mass is 32.2. The van der Waals surface area contributed by atoms with Crippen molar-refractivity contribution >= 4 is 34.1 Å². The molecule has 1 N–H and O–H groups in total. The Kier molecular flexibility index (Phi) is 4.77. The van der Waals surface area contributed by atoms with Crippen molar-refractivity contribution in [1.82, 2.24) is 14.8 Å². The van der Waals surface area contributed by atoms with Crippen molar-refractivity contribution in [3.63, 3.8) is 0 Å². The number of nitrogens with zero attached hydrogens (tertiary/aromatic N) is 3. The van der Waals surface area contributed by atoms with Gasteiger partial charge < -0.3 is 4.57 Å². The molecular formula is C11H14N4OS2. The van der Waals surface area contributed by atoms with E-state index in [1.54, 1.807) is 17.3 Å². The number of hydrogen-bond acceptors (Lipinski definition) is 5. The van der Waals surface area contributed by atoms with Gasteiger partial charge in [0.1, 0.15) is 11.6 Å². The van der Waals surface area contributed by atoms with Gasteiger partial charge in [0.2, 0.25) is 11.0 Å². The first-order chi connectivity index (χ1) is 8.81. The Bertz CT molecular complexity index is 469. The standard InChI is InChI=1S/C11H14N4OS2/c1-17-7-4-9(15-5-2-3-6-15)10(16)13-11-14-12-8-18-11/h2-3,5-6,8-9H,4,7H2,1H3,(H,13,14,16)/t9-/m1/s1. The second-order valence-corrected chi connectivity index (χ2v) is 5.48. The molecule has 0 radical (unpaired) electrons. The highest BCUT2D eigenvalue weighted by Crippen LogP contribution is 2.18. The zero-order chi connectivity index (χ0) is 12.8. The fourth-order valence-corrected chi connectivity index (χ4v) is 2.52. The van der Waals surface area contributed by atoms with Gasteiger partial charge in [-0.05, 0) is 30.6 Å². The number of rotatable bonds is 6. The summed E-state index contributed by atoms with van der Waals surface area (Å²) >= 11 is 3.06. The third-order valence-corrected chi connectivity index (χ3v) is 3.73. The van der Waals surface area contributed by atoms with Crippen LogP contribution in [0, 0.1) is 0 Å². The molecule has 2 aromatic rings. The summed E-state index contributed by atoms with van der Waals surface area (Å²) in [7, 11) is 0. The molecule has 0 fully saturated rings. The summed E-state index contributed by atoms with van der Waals surface area (Å²) in [6.45, 7) is 0. The summed E-state index contributed by atoms with van der Waals surface area (Å²) in [5.41, 5.74) is 1.60. The highest BCUT2D eigenvalue weighted by molar-refractivity contribution is 7.98. The molecule has 7 heteroatoms. The van der Waals surface area contributed by atoms with Gasteiger partial charge >= 0.3 is 0 Å². The van der Waals surface area contributed by atoms with E-state index in [9.17, 15) is 4.79 Å². The van der Waals surface area contributed by atoms with Crippen LogP contribution in [0.15, 0.2) is 30.0 Å². The molecule has 0 spiro atoms. The van der Waals surface area contributed by atoms with Crippen LogP contribution in [0.3, 0.4) is 0 Å². The van der Waals surface area contributed by atoms with Gasteiger partial charge in [-0.2, -0.15) is 11.8 Å². The first-order valence-electron chi connectivity index (χ1n) is 5.49. The summed E-state index contributed by atoms with van der Waals surface area (Å²) in [6, 6.07) is 3.64. The SMILES string of the molecule is CSCC[C@H](C(=O)Nc1nncs1)n1cccc1. The maximum absolute atomic E-state index is 12.2. The molecule has 2 aromatic heterocycles. The van der Waals surface area contributed by atoms with Crippen molar-refractivity contribution in [1.29, 1.82) is 0 Å². The smallest absolute Gasteiger partial charge is 0.249 e. The molecule has 0 saturated heterocycles. The van der Waals surface area contributed by atoms with Crippen LogP contribution >= 0.6 is 23.1 Å². The largest absolute Gasteiger partial charge is 0.342 e. The topological polar surface area (TPSA) is 59.8 Å². The maximum atomic E-state index is 12.2. The summed E-state index contributed by atoms with van der Waals surface area (Å²) in [5.74, 6) is 0.892. The maximum Gasteiger partial charge on any atom is 0.249 e. The van der Waals surface area contributed by atoms with E-state index in [0.717, 1.165) is 12.2 Å². The van der Waals surface area contributed by atoms with E-state index in [-0.39, 0.29) is 11.9 Å². The predicted octanol–water partition coefficient (Wildman–Crippen LogP) is 2.27. The molecule has 0 bridgehead atoms. The molecule has 0 aliphatic rings. The van der Waals surface area contributed by atoms with Crippen molar-refractivity contribution in [2.45, 2.75) is 12.5 Å². The van der Waals surface area contributed by atoms with Crippen LogP contribution in [0.1, 0.15) is 12.5 Å². The van der Waals surface area contributed by atoms with Crippen LogP contribution in [0.2, 0.25) is 0 Å². The van der Waals surface area contributed by atoms with E-state index in [1.807, 2.05) is 35.3 Å². The minimum Gasteiger partial charge on any atom is -0.342 e. The van der Waals surface area contributed by atoms with E-state index in [2.05, 4.69) is 15.5 Å². The molecule has 18 heavy (non-hydrogen) atoms. The molecule has 96 valence electrons. The molecule has 0 aliphatic carbocycles. The number of hydrogen-bond donors (Lipinski definition) is 1. The molecule has 0 saturated carbocycles. The molecule has 1 amide bonds. The first-order valence-corrected chi connectivity index (χ1v) is 7.77. The van der Waals surface area contributed by atoms with Crippen LogP contribution in [0.5, 0.6) is 0 Å². The first kappa shape index (κ1) is 13.1. The van der Waals surface area contributed by atoms with E-state index < -0.39 is 0 Å². The average Bonchev–Trinajstić information content (AvgIpc) is 3.02. The van der Waals surface area contributed by atoms with Crippen LogP contribution in [0.25, 0.3) is 0 Å². The second-order valence-electron chi connectivity index (χ2n) is 3.66. The molecule has 5 nitrogen and oxygen atoms in total. The number of carbonyl (C=O) groups is 1. The van der Waals surface area contributed by atoms with E-state index in [1.165, 1.54) is 11.3 Å².